The number of carboxylic acids is 1. The first kappa shape index (κ1) is 15.8. The number of carbonyl (C=O) groups is 1. The van der Waals surface area contributed by atoms with E-state index in [1.165, 1.54) is 5.56 Å². The number of nitrogens with one attached hydrogen (secondary N) is 1. The first-order valence-electron chi connectivity index (χ1n) is 7.56. The van der Waals surface area contributed by atoms with E-state index in [2.05, 4.69) is 32.2 Å². The van der Waals surface area contributed by atoms with Crippen LogP contribution in [0, 0.1) is 5.41 Å². The SMILES string of the molecule is CC(C)(C)CCC(NCc1ccc2c(c1)OCC2)C(=O)O. The molecule has 0 fully saturated rings. The zero-order valence-corrected chi connectivity index (χ0v) is 13.1. The predicted octanol–water partition coefficient (Wildman–Crippen LogP) is 2.99. The van der Waals surface area contributed by atoms with Crippen molar-refractivity contribution in [1.82, 2.24) is 5.32 Å². The Labute approximate surface area is 126 Å². The summed E-state index contributed by atoms with van der Waals surface area (Å²) < 4.78 is 5.54. The fourth-order valence-electron chi connectivity index (χ4n) is 2.45. The Bertz CT molecular complexity index is 505. The maximum Gasteiger partial charge on any atom is 0.320 e. The van der Waals surface area contributed by atoms with E-state index in [1.807, 2.05) is 12.1 Å². The summed E-state index contributed by atoms with van der Waals surface area (Å²) in [5.41, 5.74) is 2.45. The van der Waals surface area contributed by atoms with E-state index in [-0.39, 0.29) is 5.41 Å². The summed E-state index contributed by atoms with van der Waals surface area (Å²) in [6.07, 6.45) is 2.48. The van der Waals surface area contributed by atoms with Crippen LogP contribution >= 0.6 is 0 Å². The van der Waals surface area contributed by atoms with Gasteiger partial charge in [0.05, 0.1) is 6.61 Å². The molecule has 1 aromatic carbocycles. The predicted molar refractivity (Wildman–Crippen MR) is 82.6 cm³/mol. The van der Waals surface area contributed by atoms with Crippen LogP contribution in [-0.4, -0.2) is 23.7 Å². The molecule has 4 heteroatoms. The Hall–Kier alpha value is -1.55. The molecule has 1 aromatic rings. The average Bonchev–Trinajstić information content (AvgIpc) is 2.84. The standard InChI is InChI=1S/C17H25NO3/c1-17(2,3)8-6-14(16(19)20)18-11-12-4-5-13-7-9-21-15(13)10-12/h4-5,10,14,18H,6-9,11H2,1-3H3,(H,19,20). The van der Waals surface area contributed by atoms with Gasteiger partial charge in [0.15, 0.2) is 0 Å². The van der Waals surface area contributed by atoms with Gasteiger partial charge in [-0.3, -0.25) is 4.79 Å². The summed E-state index contributed by atoms with van der Waals surface area (Å²) in [6, 6.07) is 5.63. The normalized spacial score (nSPS) is 15.4. The maximum absolute atomic E-state index is 11.3. The Morgan fingerprint density at radius 1 is 1.43 bits per heavy atom. The number of aliphatic carboxylic acids is 1. The number of hydrogen-bond acceptors (Lipinski definition) is 3. The lowest BCUT2D eigenvalue weighted by atomic mass is 9.88. The summed E-state index contributed by atoms with van der Waals surface area (Å²) in [6.45, 7) is 7.69. The van der Waals surface area contributed by atoms with Crippen molar-refractivity contribution in [2.24, 2.45) is 5.41 Å². The van der Waals surface area contributed by atoms with Crippen LogP contribution in [0.4, 0.5) is 0 Å². The lowest BCUT2D eigenvalue weighted by Crippen LogP contribution is -2.37. The molecule has 1 heterocycles. The second kappa shape index (κ2) is 6.48. The Balaban J connectivity index is 1.91. The molecule has 1 aliphatic rings. The number of fused-ring (bicyclic) bond motifs is 1. The maximum atomic E-state index is 11.3. The minimum atomic E-state index is -0.781. The first-order valence-corrected chi connectivity index (χ1v) is 7.56. The van der Waals surface area contributed by atoms with Crippen LogP contribution < -0.4 is 10.1 Å². The topological polar surface area (TPSA) is 58.6 Å². The summed E-state index contributed by atoms with van der Waals surface area (Å²) in [5.74, 6) is 0.160. The molecule has 21 heavy (non-hydrogen) atoms. The highest BCUT2D eigenvalue weighted by Gasteiger charge is 2.20. The quantitative estimate of drug-likeness (QED) is 0.846. The van der Waals surface area contributed by atoms with E-state index < -0.39 is 12.0 Å². The highest BCUT2D eigenvalue weighted by molar-refractivity contribution is 5.73. The first-order chi connectivity index (χ1) is 9.85. The molecular weight excluding hydrogens is 266 g/mol. The van der Waals surface area contributed by atoms with Gasteiger partial charge in [-0.15, -0.1) is 0 Å². The summed E-state index contributed by atoms with van der Waals surface area (Å²) >= 11 is 0. The van der Waals surface area contributed by atoms with Crippen LogP contribution in [0.1, 0.15) is 44.7 Å². The largest absolute Gasteiger partial charge is 0.493 e. The fraction of sp³-hybridized carbons (Fsp3) is 0.588. The van der Waals surface area contributed by atoms with Crippen molar-refractivity contribution in [2.75, 3.05) is 6.61 Å². The molecule has 2 rings (SSSR count). The van der Waals surface area contributed by atoms with Crippen LogP contribution in [0.15, 0.2) is 18.2 Å². The number of benzene rings is 1. The fourth-order valence-corrected chi connectivity index (χ4v) is 2.45. The molecule has 1 atom stereocenters. The number of ether oxygens (including phenoxy) is 1. The van der Waals surface area contributed by atoms with Gasteiger partial charge < -0.3 is 15.2 Å². The highest BCUT2D eigenvalue weighted by atomic mass is 16.5. The molecule has 0 bridgehead atoms. The Morgan fingerprint density at radius 3 is 2.86 bits per heavy atom. The van der Waals surface area contributed by atoms with E-state index in [0.29, 0.717) is 13.0 Å². The van der Waals surface area contributed by atoms with Crippen molar-refractivity contribution < 1.29 is 14.6 Å². The minimum absolute atomic E-state index is 0.150. The molecule has 0 saturated heterocycles. The van der Waals surface area contributed by atoms with Crippen molar-refractivity contribution in [3.63, 3.8) is 0 Å². The van der Waals surface area contributed by atoms with Gasteiger partial charge in [0.1, 0.15) is 11.8 Å². The molecule has 0 aliphatic carbocycles. The zero-order chi connectivity index (χ0) is 15.5. The molecule has 0 radical (unpaired) electrons. The van der Waals surface area contributed by atoms with Crippen molar-refractivity contribution in [3.8, 4) is 5.75 Å². The highest BCUT2D eigenvalue weighted by Crippen LogP contribution is 2.26. The molecular formula is C17H25NO3. The van der Waals surface area contributed by atoms with E-state index in [4.69, 9.17) is 4.74 Å². The second-order valence-corrected chi connectivity index (χ2v) is 6.91. The number of carboxylic acid groups (broad SMARTS) is 1. The van der Waals surface area contributed by atoms with Gasteiger partial charge in [-0.25, -0.2) is 0 Å². The van der Waals surface area contributed by atoms with Crippen LogP contribution in [0.3, 0.4) is 0 Å². The molecule has 2 N–H and O–H groups in total. The lowest BCUT2D eigenvalue weighted by molar-refractivity contribution is -0.139. The van der Waals surface area contributed by atoms with Crippen molar-refractivity contribution >= 4 is 5.97 Å². The lowest BCUT2D eigenvalue weighted by Gasteiger charge is -2.21. The zero-order valence-electron chi connectivity index (χ0n) is 13.1. The van der Waals surface area contributed by atoms with Gasteiger partial charge in [0.25, 0.3) is 0 Å². The molecule has 116 valence electrons. The van der Waals surface area contributed by atoms with E-state index in [0.717, 1.165) is 30.8 Å². The van der Waals surface area contributed by atoms with Crippen molar-refractivity contribution in [3.05, 3.63) is 29.3 Å². The monoisotopic (exact) mass is 291 g/mol. The third-order valence-electron chi connectivity index (χ3n) is 3.79. The molecule has 0 saturated carbocycles. The van der Waals surface area contributed by atoms with Gasteiger partial charge in [-0.1, -0.05) is 32.9 Å². The van der Waals surface area contributed by atoms with Gasteiger partial charge in [-0.2, -0.15) is 0 Å². The third-order valence-corrected chi connectivity index (χ3v) is 3.79. The van der Waals surface area contributed by atoms with Crippen LogP contribution in [0.25, 0.3) is 0 Å². The van der Waals surface area contributed by atoms with E-state index in [1.54, 1.807) is 0 Å². The summed E-state index contributed by atoms with van der Waals surface area (Å²) in [5, 5.41) is 12.5. The second-order valence-electron chi connectivity index (χ2n) is 6.91. The minimum Gasteiger partial charge on any atom is -0.493 e. The average molecular weight is 291 g/mol. The summed E-state index contributed by atoms with van der Waals surface area (Å²) in [7, 11) is 0. The van der Waals surface area contributed by atoms with Crippen LogP contribution in [0.2, 0.25) is 0 Å². The van der Waals surface area contributed by atoms with Gasteiger partial charge in [0, 0.05) is 13.0 Å². The van der Waals surface area contributed by atoms with Gasteiger partial charge in [0.2, 0.25) is 0 Å². The summed E-state index contributed by atoms with van der Waals surface area (Å²) in [4.78, 5) is 11.3. The molecule has 0 amide bonds. The van der Waals surface area contributed by atoms with Crippen LogP contribution in [0.5, 0.6) is 5.75 Å². The Morgan fingerprint density at radius 2 is 2.19 bits per heavy atom. The van der Waals surface area contributed by atoms with Crippen molar-refractivity contribution in [2.45, 2.75) is 52.6 Å². The molecule has 0 spiro atoms. The molecule has 0 aromatic heterocycles. The molecule has 1 aliphatic heterocycles. The Kier molecular flexibility index (Phi) is 4.88. The number of hydrogen-bond donors (Lipinski definition) is 2. The molecule has 4 nitrogen and oxygen atoms in total. The van der Waals surface area contributed by atoms with Gasteiger partial charge in [-0.05, 0) is 35.4 Å². The smallest absolute Gasteiger partial charge is 0.320 e. The third kappa shape index (κ3) is 4.74. The van der Waals surface area contributed by atoms with Crippen molar-refractivity contribution in [1.29, 1.82) is 0 Å². The van der Waals surface area contributed by atoms with Crippen LogP contribution in [-0.2, 0) is 17.8 Å². The molecule has 1 unspecified atom stereocenters. The number of rotatable bonds is 6. The van der Waals surface area contributed by atoms with E-state index >= 15 is 0 Å². The van der Waals surface area contributed by atoms with E-state index in [9.17, 15) is 9.90 Å². The van der Waals surface area contributed by atoms with Gasteiger partial charge >= 0.3 is 5.97 Å².